The number of thioether (sulfide) groups is 2. The van der Waals surface area contributed by atoms with Gasteiger partial charge in [0, 0.05) is 148 Å². The van der Waals surface area contributed by atoms with Crippen molar-refractivity contribution in [1.82, 2.24) is 19.6 Å². The first kappa shape index (κ1) is 42.9. The second kappa shape index (κ2) is 35.5. The number of likely N-dealkylation sites (tertiary alicyclic amines) is 2. The van der Waals surface area contributed by atoms with Crippen molar-refractivity contribution in [3.05, 3.63) is 271 Å². The molecule has 8 aromatic carbocycles. The highest BCUT2D eigenvalue weighted by Gasteiger charge is 2.37. The lowest BCUT2D eigenvalue weighted by Gasteiger charge is -2.40. The molecule has 0 aliphatic carbocycles. The molecule has 2 N–H and O–H groups in total. The molecule has 2 saturated heterocycles. The zero-order valence-electron chi connectivity index (χ0n) is 93.5. The minimum Gasteiger partial charge on any atom is -0.384 e. The molecule has 12 rings (SSSR count). The van der Waals surface area contributed by atoms with E-state index in [9.17, 15) is 67.3 Å². The molecular formula is C82H84F10N6O6S2. The average Bonchev–Trinajstić information content (AvgIpc) is 0.662. The van der Waals surface area contributed by atoms with E-state index < -0.39 is 300 Å². The van der Waals surface area contributed by atoms with Crippen LogP contribution in [0.5, 0.6) is 0 Å². The molecular weight excluding hydrogens is 1420 g/mol. The maximum atomic E-state index is 15.8. The number of ether oxygens (including phenoxy) is 2. The maximum absolute atomic E-state index is 15.8. The lowest BCUT2D eigenvalue weighted by Crippen LogP contribution is -2.50. The van der Waals surface area contributed by atoms with Gasteiger partial charge in [-0.1, -0.05) is 132 Å². The van der Waals surface area contributed by atoms with Crippen molar-refractivity contribution in [3.63, 3.8) is 0 Å². The number of aliphatic hydroxyl groups excluding tert-OH is 2. The fourth-order valence-electron chi connectivity index (χ4n) is 9.95. The first-order chi connectivity index (χ1) is 65.4. The van der Waals surface area contributed by atoms with Gasteiger partial charge < -0.3 is 49.1 Å². The van der Waals surface area contributed by atoms with E-state index in [0.29, 0.717) is 6.07 Å². The van der Waals surface area contributed by atoms with Gasteiger partial charge in [-0.05, 0) is 133 Å². The van der Waals surface area contributed by atoms with Crippen molar-refractivity contribution in [2.24, 2.45) is 0 Å². The van der Waals surface area contributed by atoms with Gasteiger partial charge in [0.25, 0.3) is 0 Å². The van der Waals surface area contributed by atoms with E-state index in [0.717, 1.165) is 143 Å². The van der Waals surface area contributed by atoms with Crippen LogP contribution in [-0.4, -0.2) is 133 Å². The molecule has 2 unspecified atom stereocenters. The molecule has 0 saturated carbocycles. The number of anilines is 2. The number of benzene rings is 8. The van der Waals surface area contributed by atoms with Crippen LogP contribution in [0, 0.1) is 37.1 Å². The van der Waals surface area contributed by atoms with Gasteiger partial charge in [-0.15, -0.1) is 23.5 Å². The Hall–Kier alpha value is -8.46. The van der Waals surface area contributed by atoms with Crippen molar-refractivity contribution in [3.8, 4) is 22.3 Å². The molecule has 106 heavy (non-hydrogen) atoms. The molecule has 0 aromatic heterocycles. The Morgan fingerprint density at radius 2 is 0.953 bits per heavy atom. The number of aliphatic hydroxyl groups is 2. The largest absolute Gasteiger partial charge is 0.416 e. The van der Waals surface area contributed by atoms with Crippen LogP contribution in [0.2, 0.25) is 0 Å². The molecule has 4 heterocycles. The number of carbonyl (C=O) groups is 2. The third-order valence-corrected chi connectivity index (χ3v) is 17.1. The van der Waals surface area contributed by atoms with Crippen molar-refractivity contribution < 1.29 is 125 Å². The summed E-state index contributed by atoms with van der Waals surface area (Å²) in [6.45, 7) is -37.7. The smallest absolute Gasteiger partial charge is 0.384 e. The molecule has 8 aromatic rings. The summed E-state index contributed by atoms with van der Waals surface area (Å²) in [5.74, 6) is -11.9. The number of hydrogen-bond acceptors (Lipinski definition) is 12. The van der Waals surface area contributed by atoms with E-state index in [2.05, 4.69) is 9.47 Å². The molecule has 12 nitrogen and oxygen atoms in total. The monoisotopic (exact) mass is 1540 g/mol. The molecule has 0 bridgehead atoms. The van der Waals surface area contributed by atoms with Crippen LogP contribution in [0.25, 0.3) is 22.3 Å². The van der Waals surface area contributed by atoms with Gasteiger partial charge in [0.2, 0.25) is 11.8 Å². The SMILES string of the molecule is [2H]C1=C(SC([2H])([2H])c2cccc(F)c2F)N(C([2H])([2H])C(=O)N(Cc2ccc(-c3ccc(C(F)(F)F)cc3)cc2)C2([2H])C([2H])([2H])C([2H])([2H])N(CC([2H])([2H])OC)C([2H])([2H])C2([2H])[2H])c2c([2H])c([2H])c(C)c([2H])c2C1O.[2H]C1=C(SCc2cccc(F)c2F)N(C([2H])([2H])C(=O)N(C([2H])([2H])c2ccc(-c3ccc(C(F)(F)F)cc3)cc2)C2([2H])C([2H])([2H])C([2H])([2H])N(CC([2H])([2H])OC)C([2H])([2H])C2([2H])[2H])c2c([2H])c([2H])c(C)c([2H])c2C1O. The number of hydrogen-bond donors (Lipinski definition) is 2. The second-order valence-electron chi connectivity index (χ2n) is 22.5. The first-order valence-corrected chi connectivity index (χ1v) is 32.9. The molecule has 24 heteroatoms. The fourth-order valence-corrected chi connectivity index (χ4v) is 11.7. The Bertz CT molecular complexity index is 6340. The number of halogens is 10. The Kier molecular flexibility index (Phi) is 14.4. The summed E-state index contributed by atoms with van der Waals surface area (Å²) in [7, 11) is 1.52. The van der Waals surface area contributed by atoms with Crippen molar-refractivity contribution in [2.45, 2.75) is 100 Å². The highest BCUT2D eigenvalue weighted by molar-refractivity contribution is 8.02. The van der Waals surface area contributed by atoms with Crippen LogP contribution in [0.3, 0.4) is 0 Å². The normalized spacial score (nSPS) is 27.4. The standard InChI is InChI=1S/2C41H42F5N3O3S/c2*1-27-6-15-36-34(22-27)37(50)23-39(53-26-31-4-3-5-35(42)40(31)43)49(36)25-38(51)48(33-16-18-47(19-17-33)20-21-52-2)24-28-7-9-29(10-8-28)30-11-13-32(14-12-30)41(44,45)46/h2*3-15,22-23,33,37,50H,16-21,24-26H2,1-2H3/i6D,15D,16D2,17D2,18D2,19D2,21D2,22D,23D,25D2,26D2,33D;6D,15D,16D2,17D2,18D2,19D2,21D2,22D,23D,24D2,25D2,33D. The van der Waals surface area contributed by atoms with Gasteiger partial charge >= 0.3 is 12.4 Å². The zero-order chi connectivity index (χ0) is 109. The van der Waals surface area contributed by atoms with Crippen LogP contribution >= 0.6 is 23.5 Å². The van der Waals surface area contributed by atoms with Crippen LogP contribution in [-0.2, 0) is 55.9 Å². The summed E-state index contributed by atoms with van der Waals surface area (Å²) in [5, 5.41) is 20.9. The average molecular weight is 1540 g/mol. The third-order valence-electron chi connectivity index (χ3n) is 15.3. The number of rotatable bonds is 24. The van der Waals surface area contributed by atoms with E-state index in [1.807, 2.05) is 0 Å². The van der Waals surface area contributed by atoms with E-state index in [-0.39, 0.29) is 87.0 Å². The van der Waals surface area contributed by atoms with E-state index in [4.69, 9.17) is 30.2 Å². The van der Waals surface area contributed by atoms with Gasteiger partial charge in [-0.3, -0.25) is 9.59 Å². The summed E-state index contributed by atoms with van der Waals surface area (Å²) in [6, 6.07) is 3.66. The molecule has 2 atom stereocenters. The molecule has 560 valence electrons. The summed E-state index contributed by atoms with van der Waals surface area (Å²) >= 11 is -0.159. The Balaban J connectivity index is 0.000000274. The van der Waals surface area contributed by atoms with Crippen molar-refractivity contribution in [1.29, 1.82) is 0 Å². The predicted octanol–water partition coefficient (Wildman–Crippen LogP) is 17.5. The number of piperidine rings is 2. The van der Waals surface area contributed by atoms with Crippen molar-refractivity contribution >= 4 is 46.7 Å². The second-order valence-corrected chi connectivity index (χ2v) is 24.3. The van der Waals surface area contributed by atoms with E-state index in [1.165, 1.54) is 12.1 Å². The van der Waals surface area contributed by atoms with Gasteiger partial charge in [-0.2, -0.15) is 26.3 Å². The molecule has 4 aliphatic rings. The van der Waals surface area contributed by atoms with Crippen LogP contribution < -0.4 is 9.80 Å². The minimum absolute atomic E-state index is 0.0159. The maximum Gasteiger partial charge on any atom is 0.416 e. The number of amides is 2. The zero-order valence-corrected chi connectivity index (χ0v) is 57.1. The summed E-state index contributed by atoms with van der Waals surface area (Å²) in [6.07, 6.45) is -31.8. The van der Waals surface area contributed by atoms with Gasteiger partial charge in [-0.25, -0.2) is 17.6 Å². The van der Waals surface area contributed by atoms with Gasteiger partial charge in [0.1, 0.15) is 25.2 Å². The number of carbonyl (C=O) groups excluding carboxylic acids is 2. The van der Waals surface area contributed by atoms with Gasteiger partial charge in [0.05, 0.1) is 61.7 Å². The quantitative estimate of drug-likeness (QED) is 0.0562. The molecule has 2 amide bonds. The third kappa shape index (κ3) is 19.8. The Morgan fingerprint density at radius 1 is 0.557 bits per heavy atom. The van der Waals surface area contributed by atoms with Crippen LogP contribution in [0.15, 0.2) is 192 Å². The molecule has 4 aliphatic heterocycles. The first-order valence-electron chi connectivity index (χ1n) is 50.1. The van der Waals surface area contributed by atoms with Gasteiger partial charge in [0.15, 0.2) is 23.3 Å². The Labute approximate surface area is 673 Å². The number of nitrogens with zero attached hydrogens (tertiary/aromatic N) is 6. The van der Waals surface area contributed by atoms with Crippen molar-refractivity contribution in [2.75, 3.05) is 89.2 Å². The fraction of sp³-hybridized carbons (Fsp3) is 0.341. The molecule has 0 radical (unpaired) electrons. The Morgan fingerprint density at radius 3 is 1.40 bits per heavy atom. The summed E-state index contributed by atoms with van der Waals surface area (Å²) < 4.78 is 493. The lowest BCUT2D eigenvalue weighted by atomic mass is 9.99. The summed E-state index contributed by atoms with van der Waals surface area (Å²) in [4.78, 5) is 29.8. The lowest BCUT2D eigenvalue weighted by molar-refractivity contribution is -0.138. The number of fused-ring (bicyclic) bond motifs is 2. The highest BCUT2D eigenvalue weighted by atomic mass is 32.2. The van der Waals surface area contributed by atoms with Crippen LogP contribution in [0.4, 0.5) is 55.3 Å². The molecule has 0 spiro atoms. The topological polar surface area (TPSA) is 113 Å². The number of methoxy groups -OCH3 is 2. The summed E-state index contributed by atoms with van der Waals surface area (Å²) in [5.41, 5.74) is -12.1. The predicted molar refractivity (Wildman–Crippen MR) is 396 cm³/mol. The van der Waals surface area contributed by atoms with E-state index >= 15 is 18.4 Å². The van der Waals surface area contributed by atoms with Crippen LogP contribution in [0.1, 0.15) is 145 Å². The van der Waals surface area contributed by atoms with E-state index in [1.54, 1.807) is 0 Å². The molecule has 2 fully saturated rings. The highest BCUT2D eigenvalue weighted by Crippen LogP contribution is 2.44. The number of alkyl halides is 6. The minimum atomic E-state index is -4.74.